The summed E-state index contributed by atoms with van der Waals surface area (Å²) in [6, 6.07) is 10.9. The Balaban J connectivity index is 1.58. The van der Waals surface area contributed by atoms with E-state index in [0.717, 1.165) is 12.3 Å². The minimum atomic E-state index is 0.352. The van der Waals surface area contributed by atoms with Crippen LogP contribution in [0.25, 0.3) is 0 Å². The molecule has 0 bridgehead atoms. The molecule has 0 spiro atoms. The summed E-state index contributed by atoms with van der Waals surface area (Å²) in [7, 11) is 0. The first-order valence-electron chi connectivity index (χ1n) is 8.25. The number of nitrogens with zero attached hydrogens (tertiary/aromatic N) is 1. The van der Waals surface area contributed by atoms with E-state index in [1.54, 1.807) is 0 Å². The third kappa shape index (κ3) is 5.64. The van der Waals surface area contributed by atoms with Gasteiger partial charge in [0, 0.05) is 6.61 Å². The third-order valence-electron chi connectivity index (χ3n) is 4.46. The minimum absolute atomic E-state index is 0.352. The molecule has 1 saturated heterocycles. The molecule has 0 atom stereocenters. The van der Waals surface area contributed by atoms with Gasteiger partial charge in [-0.15, -0.1) is 0 Å². The molecule has 1 heterocycles. The average Bonchev–Trinajstić information content (AvgIpc) is 2.50. The van der Waals surface area contributed by atoms with Gasteiger partial charge in [0.1, 0.15) is 0 Å². The number of likely N-dealkylation sites (tertiary alicyclic amines) is 1. The molecule has 1 aliphatic heterocycles. The fourth-order valence-electron chi connectivity index (χ4n) is 3.16. The summed E-state index contributed by atoms with van der Waals surface area (Å²) < 4.78 is 0. The van der Waals surface area contributed by atoms with Crippen molar-refractivity contribution in [2.75, 3.05) is 26.2 Å². The van der Waals surface area contributed by atoms with Crippen LogP contribution in [0.2, 0.25) is 0 Å². The predicted molar refractivity (Wildman–Crippen MR) is 84.9 cm³/mol. The van der Waals surface area contributed by atoms with Gasteiger partial charge in [0.15, 0.2) is 0 Å². The number of aliphatic hydroxyl groups is 1. The molecule has 0 unspecified atom stereocenters. The largest absolute Gasteiger partial charge is 0.396 e. The van der Waals surface area contributed by atoms with Crippen molar-refractivity contribution < 1.29 is 5.11 Å². The van der Waals surface area contributed by atoms with Crippen molar-refractivity contribution in [3.8, 4) is 0 Å². The van der Waals surface area contributed by atoms with Crippen LogP contribution in [0.5, 0.6) is 0 Å². The second kappa shape index (κ2) is 9.15. The highest BCUT2D eigenvalue weighted by Gasteiger charge is 2.18. The Morgan fingerprint density at radius 1 is 0.950 bits per heavy atom. The van der Waals surface area contributed by atoms with E-state index in [2.05, 4.69) is 35.2 Å². The van der Waals surface area contributed by atoms with Crippen LogP contribution in [0, 0.1) is 5.92 Å². The Labute approximate surface area is 123 Å². The zero-order valence-corrected chi connectivity index (χ0v) is 12.6. The van der Waals surface area contributed by atoms with Gasteiger partial charge in [-0.1, -0.05) is 43.2 Å². The maximum atomic E-state index is 8.75. The highest BCUT2D eigenvalue weighted by atomic mass is 16.2. The second-order valence-corrected chi connectivity index (χ2v) is 6.11. The normalized spacial score (nSPS) is 17.4. The molecule has 1 aromatic rings. The Morgan fingerprint density at radius 3 is 2.35 bits per heavy atom. The molecule has 1 aliphatic rings. The van der Waals surface area contributed by atoms with Crippen molar-refractivity contribution >= 4 is 0 Å². The average molecular weight is 275 g/mol. The molecule has 0 radical (unpaired) electrons. The van der Waals surface area contributed by atoms with Gasteiger partial charge in [0.25, 0.3) is 0 Å². The number of rotatable bonds is 8. The van der Waals surface area contributed by atoms with Crippen LogP contribution in [0.15, 0.2) is 30.3 Å². The number of aliphatic hydroxyl groups excluding tert-OH is 1. The van der Waals surface area contributed by atoms with E-state index in [0.29, 0.717) is 6.61 Å². The molecule has 0 amide bonds. The zero-order valence-electron chi connectivity index (χ0n) is 12.6. The molecule has 2 heteroatoms. The van der Waals surface area contributed by atoms with Crippen LogP contribution in [0.3, 0.4) is 0 Å². The predicted octanol–water partition coefficient (Wildman–Crippen LogP) is 3.49. The summed E-state index contributed by atoms with van der Waals surface area (Å²) in [5.74, 6) is 0.878. The van der Waals surface area contributed by atoms with Crippen molar-refractivity contribution in [1.29, 1.82) is 0 Å². The van der Waals surface area contributed by atoms with Gasteiger partial charge in [-0.2, -0.15) is 0 Å². The fraction of sp³-hybridized carbons (Fsp3) is 0.667. The van der Waals surface area contributed by atoms with Gasteiger partial charge in [-0.3, -0.25) is 0 Å². The molecular formula is C18H29NO. The van der Waals surface area contributed by atoms with E-state index in [-0.39, 0.29) is 0 Å². The Kier molecular flexibility index (Phi) is 7.10. The van der Waals surface area contributed by atoms with Crippen LogP contribution in [-0.4, -0.2) is 36.2 Å². The monoisotopic (exact) mass is 275 g/mol. The molecule has 0 aliphatic carbocycles. The molecule has 1 aromatic carbocycles. The first-order valence-corrected chi connectivity index (χ1v) is 8.25. The number of benzene rings is 1. The maximum absolute atomic E-state index is 8.75. The lowest BCUT2D eigenvalue weighted by Crippen LogP contribution is -2.35. The smallest absolute Gasteiger partial charge is 0.0431 e. The molecule has 2 nitrogen and oxygen atoms in total. The van der Waals surface area contributed by atoms with Crippen molar-refractivity contribution in [1.82, 2.24) is 4.90 Å². The second-order valence-electron chi connectivity index (χ2n) is 6.11. The third-order valence-corrected chi connectivity index (χ3v) is 4.46. The molecule has 20 heavy (non-hydrogen) atoms. The van der Waals surface area contributed by atoms with E-state index >= 15 is 0 Å². The quantitative estimate of drug-likeness (QED) is 0.734. The lowest BCUT2D eigenvalue weighted by molar-refractivity contribution is 0.180. The van der Waals surface area contributed by atoms with E-state index in [1.165, 1.54) is 63.7 Å². The number of piperidine rings is 1. The van der Waals surface area contributed by atoms with Gasteiger partial charge < -0.3 is 10.0 Å². The van der Waals surface area contributed by atoms with E-state index in [9.17, 15) is 0 Å². The van der Waals surface area contributed by atoms with Crippen molar-refractivity contribution in [2.45, 2.75) is 44.9 Å². The SMILES string of the molecule is OCCCCCCN1CCC(Cc2ccccc2)CC1. The Hall–Kier alpha value is -0.860. The van der Waals surface area contributed by atoms with Crippen LogP contribution in [0.4, 0.5) is 0 Å². The molecule has 1 N–H and O–H groups in total. The van der Waals surface area contributed by atoms with Gasteiger partial charge in [0.2, 0.25) is 0 Å². The summed E-state index contributed by atoms with van der Waals surface area (Å²) >= 11 is 0. The van der Waals surface area contributed by atoms with Crippen LogP contribution >= 0.6 is 0 Å². The minimum Gasteiger partial charge on any atom is -0.396 e. The first-order chi connectivity index (χ1) is 9.88. The topological polar surface area (TPSA) is 23.5 Å². The van der Waals surface area contributed by atoms with Crippen molar-refractivity contribution in [3.63, 3.8) is 0 Å². The number of unbranched alkanes of at least 4 members (excludes halogenated alkanes) is 3. The summed E-state index contributed by atoms with van der Waals surface area (Å²) in [6.07, 6.45) is 8.68. The Bertz CT molecular complexity index is 344. The zero-order chi connectivity index (χ0) is 14.0. The van der Waals surface area contributed by atoms with Gasteiger partial charge in [0.05, 0.1) is 0 Å². The number of hydrogen-bond acceptors (Lipinski definition) is 2. The maximum Gasteiger partial charge on any atom is 0.0431 e. The van der Waals surface area contributed by atoms with E-state index in [1.807, 2.05) is 0 Å². The Morgan fingerprint density at radius 2 is 1.65 bits per heavy atom. The standard InChI is InChI=1S/C18H29NO/c20-15-7-2-1-6-12-19-13-10-18(11-14-19)16-17-8-4-3-5-9-17/h3-5,8-9,18,20H,1-2,6-7,10-16H2. The van der Waals surface area contributed by atoms with Gasteiger partial charge in [-0.05, 0) is 63.2 Å². The van der Waals surface area contributed by atoms with Crippen molar-refractivity contribution in [3.05, 3.63) is 35.9 Å². The van der Waals surface area contributed by atoms with Crippen molar-refractivity contribution in [2.24, 2.45) is 5.92 Å². The summed E-state index contributed by atoms with van der Waals surface area (Å²) in [6.45, 7) is 4.16. The fourth-order valence-corrected chi connectivity index (χ4v) is 3.16. The molecule has 1 fully saturated rings. The van der Waals surface area contributed by atoms with Crippen LogP contribution < -0.4 is 0 Å². The van der Waals surface area contributed by atoms with E-state index < -0.39 is 0 Å². The summed E-state index contributed by atoms with van der Waals surface area (Å²) in [5, 5.41) is 8.75. The molecule has 0 aromatic heterocycles. The van der Waals surface area contributed by atoms with Crippen LogP contribution in [0.1, 0.15) is 44.1 Å². The van der Waals surface area contributed by atoms with E-state index in [4.69, 9.17) is 5.11 Å². The summed E-state index contributed by atoms with van der Waals surface area (Å²) in [5.41, 5.74) is 1.50. The van der Waals surface area contributed by atoms with Gasteiger partial charge in [-0.25, -0.2) is 0 Å². The highest BCUT2D eigenvalue weighted by Crippen LogP contribution is 2.21. The summed E-state index contributed by atoms with van der Waals surface area (Å²) in [4.78, 5) is 2.63. The lowest BCUT2D eigenvalue weighted by atomic mass is 9.90. The first kappa shape index (κ1) is 15.5. The van der Waals surface area contributed by atoms with Gasteiger partial charge >= 0.3 is 0 Å². The molecule has 112 valence electrons. The van der Waals surface area contributed by atoms with Crippen LogP contribution in [-0.2, 0) is 6.42 Å². The lowest BCUT2D eigenvalue weighted by Gasteiger charge is -2.32. The molecule has 2 rings (SSSR count). The number of hydrogen-bond donors (Lipinski definition) is 1. The highest BCUT2D eigenvalue weighted by molar-refractivity contribution is 5.15. The molecule has 0 saturated carbocycles. The molecular weight excluding hydrogens is 246 g/mol.